The van der Waals surface area contributed by atoms with Crippen LogP contribution in [0.15, 0.2) is 11.6 Å². The average molecular weight is 112 g/mol. The highest BCUT2D eigenvalue weighted by Crippen LogP contribution is 2.06. The Kier molecular flexibility index (Phi) is 1.44. The first-order valence-electron chi connectivity index (χ1n) is 2.57. The summed E-state index contributed by atoms with van der Waals surface area (Å²) >= 11 is 0. The van der Waals surface area contributed by atoms with Gasteiger partial charge in [0.2, 0.25) is 0 Å². The summed E-state index contributed by atoms with van der Waals surface area (Å²) in [6.07, 6.45) is 1.63. The van der Waals surface area contributed by atoms with Crippen LogP contribution >= 0.6 is 0 Å². The molecule has 0 aromatic rings. The molecule has 0 aliphatic carbocycles. The number of rotatable bonds is 1. The number of hydrogen-bond acceptors (Lipinski definition) is 2. The van der Waals surface area contributed by atoms with Gasteiger partial charge in [-0.2, -0.15) is 0 Å². The molecule has 0 radical (unpaired) electrons. The van der Waals surface area contributed by atoms with Crippen LogP contribution in [0.3, 0.4) is 0 Å². The summed E-state index contributed by atoms with van der Waals surface area (Å²) in [4.78, 5) is 10.3. The van der Waals surface area contributed by atoms with Gasteiger partial charge >= 0.3 is 0 Å². The summed E-state index contributed by atoms with van der Waals surface area (Å²) < 4.78 is 4.82. The summed E-state index contributed by atoms with van der Waals surface area (Å²) in [7, 11) is 0. The van der Waals surface area contributed by atoms with Gasteiger partial charge in [-0.3, -0.25) is 4.79 Å². The van der Waals surface area contributed by atoms with E-state index in [4.69, 9.17) is 4.74 Å². The average Bonchev–Trinajstić information content (AvgIpc) is 1.55. The molecule has 0 bridgehead atoms. The molecule has 0 spiro atoms. The molecule has 1 fully saturated rings. The topological polar surface area (TPSA) is 26.3 Å². The van der Waals surface area contributed by atoms with Crippen molar-refractivity contribution in [2.24, 2.45) is 0 Å². The Labute approximate surface area is 48.1 Å². The van der Waals surface area contributed by atoms with Gasteiger partial charge in [0, 0.05) is 0 Å². The second-order valence-corrected chi connectivity index (χ2v) is 1.91. The van der Waals surface area contributed by atoms with Gasteiger partial charge in [-0.15, -0.1) is 0 Å². The predicted molar refractivity (Wildman–Crippen MR) is 29.6 cm³/mol. The molecule has 0 amide bonds. The van der Waals surface area contributed by atoms with Crippen LogP contribution in [0, 0.1) is 0 Å². The number of allylic oxidation sites excluding steroid dienone is 1. The van der Waals surface area contributed by atoms with Crippen LogP contribution in [-0.2, 0) is 9.53 Å². The molecule has 1 rings (SSSR count). The van der Waals surface area contributed by atoms with Crippen molar-refractivity contribution < 1.29 is 9.53 Å². The summed E-state index contributed by atoms with van der Waals surface area (Å²) in [5, 5.41) is 0. The van der Waals surface area contributed by atoms with Gasteiger partial charge in [0.1, 0.15) is 0 Å². The van der Waals surface area contributed by atoms with E-state index in [9.17, 15) is 4.79 Å². The largest absolute Gasteiger partial charge is 0.373 e. The Balaban J connectivity index is 2.42. The molecule has 1 aliphatic rings. The van der Waals surface area contributed by atoms with Crippen molar-refractivity contribution in [3.63, 3.8) is 0 Å². The van der Waals surface area contributed by atoms with Gasteiger partial charge in [0.25, 0.3) is 0 Å². The van der Waals surface area contributed by atoms with E-state index in [0.717, 1.165) is 5.57 Å². The van der Waals surface area contributed by atoms with Crippen LogP contribution < -0.4 is 0 Å². The van der Waals surface area contributed by atoms with Crippen molar-refractivity contribution in [3.05, 3.63) is 11.6 Å². The van der Waals surface area contributed by atoms with Crippen molar-refractivity contribution in [1.82, 2.24) is 0 Å². The van der Waals surface area contributed by atoms with Crippen LogP contribution in [-0.4, -0.2) is 19.0 Å². The van der Waals surface area contributed by atoms with E-state index in [1.54, 1.807) is 13.0 Å². The third kappa shape index (κ3) is 1.17. The molecule has 0 saturated carbocycles. The maximum atomic E-state index is 10.3. The second kappa shape index (κ2) is 2.09. The van der Waals surface area contributed by atoms with E-state index >= 15 is 0 Å². The predicted octanol–water partition coefficient (Wildman–Crippen LogP) is 0.532. The molecule has 1 aliphatic heterocycles. The molecule has 0 aromatic carbocycles. The maximum Gasteiger partial charge on any atom is 0.152 e. The van der Waals surface area contributed by atoms with Crippen molar-refractivity contribution in [3.8, 4) is 0 Å². The van der Waals surface area contributed by atoms with Crippen LogP contribution in [0.1, 0.15) is 6.92 Å². The van der Waals surface area contributed by atoms with Gasteiger partial charge < -0.3 is 4.74 Å². The monoisotopic (exact) mass is 112 g/mol. The zero-order chi connectivity index (χ0) is 5.98. The molecule has 8 heavy (non-hydrogen) atoms. The minimum Gasteiger partial charge on any atom is -0.373 e. The Morgan fingerprint density at radius 3 is 2.50 bits per heavy atom. The highest BCUT2D eigenvalue weighted by atomic mass is 16.5. The van der Waals surface area contributed by atoms with E-state index in [1.165, 1.54) is 0 Å². The van der Waals surface area contributed by atoms with Crippen molar-refractivity contribution in [1.29, 1.82) is 0 Å². The highest BCUT2D eigenvalue weighted by molar-refractivity contribution is 5.88. The lowest BCUT2D eigenvalue weighted by Gasteiger charge is -2.16. The molecule has 2 nitrogen and oxygen atoms in total. The third-order valence-corrected chi connectivity index (χ3v) is 0.982. The SMILES string of the molecule is CC(=O)C=C1COC1. The van der Waals surface area contributed by atoms with Gasteiger partial charge in [-0.1, -0.05) is 0 Å². The molecule has 1 heterocycles. The Hall–Kier alpha value is -0.630. The Morgan fingerprint density at radius 2 is 2.38 bits per heavy atom. The lowest BCUT2D eigenvalue weighted by molar-refractivity contribution is -0.112. The minimum atomic E-state index is 0.114. The molecule has 44 valence electrons. The fourth-order valence-electron chi connectivity index (χ4n) is 0.591. The highest BCUT2D eigenvalue weighted by Gasteiger charge is 2.07. The lowest BCUT2D eigenvalue weighted by Crippen LogP contribution is -2.16. The zero-order valence-electron chi connectivity index (χ0n) is 4.81. The Bertz CT molecular complexity index is 129. The number of hydrogen-bond donors (Lipinski definition) is 0. The maximum absolute atomic E-state index is 10.3. The molecular formula is C6H8O2. The summed E-state index contributed by atoms with van der Waals surface area (Å²) in [6, 6.07) is 0. The smallest absolute Gasteiger partial charge is 0.152 e. The van der Waals surface area contributed by atoms with E-state index in [0.29, 0.717) is 13.2 Å². The van der Waals surface area contributed by atoms with Gasteiger partial charge in [0.15, 0.2) is 5.78 Å². The van der Waals surface area contributed by atoms with Crippen LogP contribution in [0.2, 0.25) is 0 Å². The summed E-state index contributed by atoms with van der Waals surface area (Å²) in [5.41, 5.74) is 1.11. The van der Waals surface area contributed by atoms with Crippen LogP contribution in [0.4, 0.5) is 0 Å². The second-order valence-electron chi connectivity index (χ2n) is 1.91. The third-order valence-electron chi connectivity index (χ3n) is 0.982. The van der Waals surface area contributed by atoms with Gasteiger partial charge in [-0.05, 0) is 18.6 Å². The number of ketones is 1. The summed E-state index contributed by atoms with van der Waals surface area (Å²) in [6.45, 7) is 2.85. The molecular weight excluding hydrogens is 104 g/mol. The van der Waals surface area contributed by atoms with E-state index in [-0.39, 0.29) is 5.78 Å². The van der Waals surface area contributed by atoms with E-state index < -0.39 is 0 Å². The molecule has 0 atom stereocenters. The quantitative estimate of drug-likeness (QED) is 0.462. The first-order chi connectivity index (χ1) is 3.79. The molecule has 1 saturated heterocycles. The first kappa shape index (κ1) is 5.51. The molecule has 0 unspecified atom stereocenters. The lowest BCUT2D eigenvalue weighted by atomic mass is 10.2. The van der Waals surface area contributed by atoms with E-state index in [2.05, 4.69) is 0 Å². The van der Waals surface area contributed by atoms with Crippen molar-refractivity contribution in [2.75, 3.05) is 13.2 Å². The molecule has 0 aromatic heterocycles. The van der Waals surface area contributed by atoms with Crippen LogP contribution in [0.5, 0.6) is 0 Å². The van der Waals surface area contributed by atoms with Gasteiger partial charge in [0.05, 0.1) is 13.2 Å². The fraction of sp³-hybridized carbons (Fsp3) is 0.500. The van der Waals surface area contributed by atoms with E-state index in [1.807, 2.05) is 0 Å². The molecule has 0 N–H and O–H groups in total. The fourth-order valence-corrected chi connectivity index (χ4v) is 0.591. The Morgan fingerprint density at radius 1 is 1.75 bits per heavy atom. The standard InChI is InChI=1S/C6H8O2/c1-5(7)2-6-3-8-4-6/h2H,3-4H2,1H3. The van der Waals surface area contributed by atoms with Crippen molar-refractivity contribution >= 4 is 5.78 Å². The number of carbonyl (C=O) groups excluding carboxylic acids is 1. The van der Waals surface area contributed by atoms with Crippen molar-refractivity contribution in [2.45, 2.75) is 6.92 Å². The summed E-state index contributed by atoms with van der Waals surface area (Å²) in [5.74, 6) is 0.114. The van der Waals surface area contributed by atoms with Crippen LogP contribution in [0.25, 0.3) is 0 Å². The molecule has 2 heteroatoms. The number of carbonyl (C=O) groups is 1. The first-order valence-corrected chi connectivity index (χ1v) is 2.57. The number of ether oxygens (including phenoxy) is 1. The normalized spacial score (nSPS) is 17.4. The van der Waals surface area contributed by atoms with Gasteiger partial charge in [-0.25, -0.2) is 0 Å². The minimum absolute atomic E-state index is 0.114. The zero-order valence-corrected chi connectivity index (χ0v) is 4.81.